The summed E-state index contributed by atoms with van der Waals surface area (Å²) in [6.45, 7) is 8.85. The Bertz CT molecular complexity index is 363. The summed E-state index contributed by atoms with van der Waals surface area (Å²) in [5, 5.41) is 5.05. The molecule has 7 heteroatoms. The van der Waals surface area contributed by atoms with Crippen LogP contribution in [0.5, 0.6) is 0 Å². The fraction of sp³-hybridized carbons (Fsp3) is 0.769. The van der Waals surface area contributed by atoms with Crippen molar-refractivity contribution in [1.82, 2.24) is 10.6 Å². The van der Waals surface area contributed by atoms with Crippen LogP contribution in [0.1, 0.15) is 47.5 Å². The Morgan fingerprint density at radius 1 is 1.20 bits per heavy atom. The van der Waals surface area contributed by atoms with Crippen LogP contribution >= 0.6 is 0 Å². The molecule has 0 aromatic rings. The summed E-state index contributed by atoms with van der Waals surface area (Å²) in [4.78, 5) is 34.6. The van der Waals surface area contributed by atoms with Gasteiger partial charge in [-0.05, 0) is 34.1 Å². The van der Waals surface area contributed by atoms with Crippen molar-refractivity contribution < 1.29 is 19.1 Å². The molecular weight excluding hydrogens is 262 g/mol. The van der Waals surface area contributed by atoms with E-state index in [1.165, 1.54) is 0 Å². The minimum absolute atomic E-state index is 0.0571. The van der Waals surface area contributed by atoms with Crippen LogP contribution in [0.15, 0.2) is 0 Å². The second-order valence-corrected chi connectivity index (χ2v) is 5.69. The smallest absolute Gasteiger partial charge is 0.408 e. The zero-order valence-corrected chi connectivity index (χ0v) is 12.8. The molecule has 20 heavy (non-hydrogen) atoms. The van der Waals surface area contributed by atoms with E-state index in [1.807, 2.05) is 13.8 Å². The first-order valence-electron chi connectivity index (χ1n) is 6.63. The Morgan fingerprint density at radius 3 is 2.15 bits per heavy atom. The number of alkyl carbamates (subject to hydrolysis) is 1. The summed E-state index contributed by atoms with van der Waals surface area (Å²) in [5.74, 6) is -1.13. The van der Waals surface area contributed by atoms with Gasteiger partial charge in [0, 0.05) is 6.04 Å². The van der Waals surface area contributed by atoms with Crippen molar-refractivity contribution >= 4 is 17.9 Å². The molecule has 0 aliphatic carbocycles. The molecule has 0 rings (SSSR count). The monoisotopic (exact) mass is 287 g/mol. The molecule has 2 atom stereocenters. The maximum Gasteiger partial charge on any atom is 0.408 e. The van der Waals surface area contributed by atoms with E-state index in [-0.39, 0.29) is 12.5 Å². The Labute approximate surface area is 119 Å². The van der Waals surface area contributed by atoms with Crippen LogP contribution in [0.4, 0.5) is 4.79 Å². The lowest BCUT2D eigenvalue weighted by atomic mass is 10.1. The van der Waals surface area contributed by atoms with Gasteiger partial charge in [-0.15, -0.1) is 0 Å². The standard InChI is InChI=1S/C13H25N3O4/c1-6-8(2)15-11(18)9(7-10(14)17)16-12(19)20-13(3,4)5/h8-9H,6-7H2,1-5H3,(H2,14,17)(H,15,18)(H,16,19)/t8-,9+/m1/s1. The van der Waals surface area contributed by atoms with Gasteiger partial charge >= 0.3 is 6.09 Å². The summed E-state index contributed by atoms with van der Waals surface area (Å²) in [7, 11) is 0. The van der Waals surface area contributed by atoms with E-state index >= 15 is 0 Å². The molecule has 116 valence electrons. The Kier molecular flexibility index (Phi) is 7.02. The van der Waals surface area contributed by atoms with Crippen LogP contribution in [0, 0.1) is 0 Å². The predicted octanol–water partition coefficient (Wildman–Crippen LogP) is 0.670. The number of amides is 3. The first-order valence-corrected chi connectivity index (χ1v) is 6.63. The molecule has 7 nitrogen and oxygen atoms in total. The molecule has 0 saturated carbocycles. The van der Waals surface area contributed by atoms with E-state index in [2.05, 4.69) is 10.6 Å². The molecule has 0 aliphatic heterocycles. The lowest BCUT2D eigenvalue weighted by Crippen LogP contribution is -2.51. The normalized spacial score (nSPS) is 14.1. The minimum Gasteiger partial charge on any atom is -0.444 e. The van der Waals surface area contributed by atoms with Crippen LogP contribution < -0.4 is 16.4 Å². The SMILES string of the molecule is CC[C@@H](C)NC(=O)[C@H](CC(N)=O)NC(=O)OC(C)(C)C. The number of carbonyl (C=O) groups is 3. The van der Waals surface area contributed by atoms with Gasteiger partial charge < -0.3 is 21.1 Å². The quantitative estimate of drug-likeness (QED) is 0.666. The van der Waals surface area contributed by atoms with Crippen LogP contribution in [0.3, 0.4) is 0 Å². The maximum atomic E-state index is 12.0. The largest absolute Gasteiger partial charge is 0.444 e. The average molecular weight is 287 g/mol. The van der Waals surface area contributed by atoms with Crippen molar-refractivity contribution in [2.75, 3.05) is 0 Å². The molecule has 4 N–H and O–H groups in total. The number of ether oxygens (including phenoxy) is 1. The Balaban J connectivity index is 4.68. The Morgan fingerprint density at radius 2 is 1.75 bits per heavy atom. The van der Waals surface area contributed by atoms with Gasteiger partial charge in [0.15, 0.2) is 0 Å². The molecule has 0 aromatic carbocycles. The van der Waals surface area contributed by atoms with E-state index in [9.17, 15) is 14.4 Å². The van der Waals surface area contributed by atoms with Crippen molar-refractivity contribution in [3.63, 3.8) is 0 Å². The topological polar surface area (TPSA) is 111 Å². The van der Waals surface area contributed by atoms with Gasteiger partial charge in [-0.1, -0.05) is 6.92 Å². The molecule has 0 aromatic heterocycles. The zero-order chi connectivity index (χ0) is 15.9. The van der Waals surface area contributed by atoms with Crippen molar-refractivity contribution in [1.29, 1.82) is 0 Å². The third kappa shape index (κ3) is 8.34. The highest BCUT2D eigenvalue weighted by Gasteiger charge is 2.26. The predicted molar refractivity (Wildman–Crippen MR) is 74.9 cm³/mol. The van der Waals surface area contributed by atoms with Crippen LogP contribution in [0.25, 0.3) is 0 Å². The zero-order valence-electron chi connectivity index (χ0n) is 12.8. The van der Waals surface area contributed by atoms with Crippen LogP contribution in [0.2, 0.25) is 0 Å². The third-order valence-corrected chi connectivity index (χ3v) is 2.41. The molecule has 0 heterocycles. The number of nitrogens with one attached hydrogen (secondary N) is 2. The number of rotatable bonds is 6. The highest BCUT2D eigenvalue weighted by Crippen LogP contribution is 2.07. The molecular formula is C13H25N3O4. The highest BCUT2D eigenvalue weighted by molar-refractivity contribution is 5.90. The maximum absolute atomic E-state index is 12.0. The van der Waals surface area contributed by atoms with Gasteiger partial charge in [-0.25, -0.2) is 4.79 Å². The fourth-order valence-electron chi connectivity index (χ4n) is 1.31. The number of primary amides is 1. The van der Waals surface area contributed by atoms with Gasteiger partial charge in [0.05, 0.1) is 6.42 Å². The highest BCUT2D eigenvalue weighted by atomic mass is 16.6. The van der Waals surface area contributed by atoms with Crippen molar-refractivity contribution in [3.8, 4) is 0 Å². The fourth-order valence-corrected chi connectivity index (χ4v) is 1.31. The van der Waals surface area contributed by atoms with Gasteiger partial charge in [-0.3, -0.25) is 9.59 Å². The van der Waals surface area contributed by atoms with Crippen molar-refractivity contribution in [2.45, 2.75) is 65.1 Å². The average Bonchev–Trinajstić information content (AvgIpc) is 2.24. The van der Waals surface area contributed by atoms with Gasteiger partial charge in [-0.2, -0.15) is 0 Å². The number of hydrogen-bond donors (Lipinski definition) is 3. The van der Waals surface area contributed by atoms with E-state index in [1.54, 1.807) is 20.8 Å². The summed E-state index contributed by atoms with van der Waals surface area (Å²) in [6, 6.07) is -1.09. The van der Waals surface area contributed by atoms with Gasteiger partial charge in [0.2, 0.25) is 11.8 Å². The second-order valence-electron chi connectivity index (χ2n) is 5.69. The Hall–Kier alpha value is -1.79. The number of hydrogen-bond acceptors (Lipinski definition) is 4. The molecule has 0 fully saturated rings. The molecule has 0 unspecified atom stereocenters. The first kappa shape index (κ1) is 18.2. The van der Waals surface area contributed by atoms with Crippen LogP contribution in [-0.2, 0) is 14.3 Å². The molecule has 0 saturated heterocycles. The van der Waals surface area contributed by atoms with Crippen molar-refractivity contribution in [2.24, 2.45) is 5.73 Å². The third-order valence-electron chi connectivity index (χ3n) is 2.41. The van der Waals surface area contributed by atoms with Gasteiger partial charge in [0.1, 0.15) is 11.6 Å². The van der Waals surface area contributed by atoms with E-state index in [0.717, 1.165) is 6.42 Å². The number of nitrogens with two attached hydrogens (primary N) is 1. The molecule has 3 amide bonds. The second kappa shape index (κ2) is 7.72. The molecule has 0 spiro atoms. The molecule has 0 bridgehead atoms. The van der Waals surface area contributed by atoms with E-state index < -0.39 is 29.6 Å². The summed E-state index contributed by atoms with van der Waals surface area (Å²) in [5.41, 5.74) is 4.40. The summed E-state index contributed by atoms with van der Waals surface area (Å²) < 4.78 is 5.05. The van der Waals surface area contributed by atoms with E-state index in [0.29, 0.717) is 0 Å². The first-order chi connectivity index (χ1) is 9.05. The lowest BCUT2D eigenvalue weighted by Gasteiger charge is -2.23. The summed E-state index contributed by atoms with van der Waals surface area (Å²) in [6.07, 6.45) is -0.300. The van der Waals surface area contributed by atoms with E-state index in [4.69, 9.17) is 10.5 Å². The van der Waals surface area contributed by atoms with Crippen molar-refractivity contribution in [3.05, 3.63) is 0 Å². The summed E-state index contributed by atoms with van der Waals surface area (Å²) >= 11 is 0. The number of carbonyl (C=O) groups excluding carboxylic acids is 3. The molecule has 0 aliphatic rings. The molecule has 0 radical (unpaired) electrons. The minimum atomic E-state index is -1.03. The van der Waals surface area contributed by atoms with Gasteiger partial charge in [0.25, 0.3) is 0 Å². The lowest BCUT2D eigenvalue weighted by molar-refractivity contribution is -0.127. The van der Waals surface area contributed by atoms with Crippen LogP contribution in [-0.4, -0.2) is 35.6 Å².